The molecule has 21 heavy (non-hydrogen) atoms. The summed E-state index contributed by atoms with van der Waals surface area (Å²) in [5, 5.41) is 9.19. The number of carbonyl (C=O) groups is 1. The third-order valence-electron chi connectivity index (χ3n) is 2.88. The Bertz CT molecular complexity index is 611. The molecule has 2 N–H and O–H groups in total. The number of rotatable bonds is 8. The second-order valence-electron chi connectivity index (χ2n) is 4.81. The van der Waals surface area contributed by atoms with Gasteiger partial charge in [0.1, 0.15) is 6.04 Å². The highest BCUT2D eigenvalue weighted by atomic mass is 32.2. The summed E-state index contributed by atoms with van der Waals surface area (Å²) in [5.74, 6) is -1.21. The molecule has 7 heteroatoms. The van der Waals surface area contributed by atoms with Crippen LogP contribution >= 0.6 is 0 Å². The van der Waals surface area contributed by atoms with E-state index in [1.165, 1.54) is 14.1 Å². The summed E-state index contributed by atoms with van der Waals surface area (Å²) in [4.78, 5) is 11.3. The van der Waals surface area contributed by atoms with E-state index in [-0.39, 0.29) is 6.42 Å². The van der Waals surface area contributed by atoms with Crippen molar-refractivity contribution in [1.29, 1.82) is 0 Å². The van der Waals surface area contributed by atoms with Crippen molar-refractivity contribution in [2.75, 3.05) is 14.1 Å². The molecule has 0 spiro atoms. The Hall–Kier alpha value is -1.70. The van der Waals surface area contributed by atoms with Crippen molar-refractivity contribution >= 4 is 16.2 Å². The molecular weight excluding hydrogens is 292 g/mol. The maximum Gasteiger partial charge on any atom is 0.322 e. The van der Waals surface area contributed by atoms with Gasteiger partial charge in [0.25, 0.3) is 10.2 Å². The lowest BCUT2D eigenvalue weighted by Gasteiger charge is -2.18. The molecule has 0 unspecified atom stereocenters. The quantitative estimate of drug-likeness (QED) is 0.695. The molecule has 0 aliphatic heterocycles. The van der Waals surface area contributed by atoms with E-state index in [2.05, 4.69) is 11.3 Å². The first-order chi connectivity index (χ1) is 9.76. The third-order valence-corrected chi connectivity index (χ3v) is 4.43. The van der Waals surface area contributed by atoms with Crippen molar-refractivity contribution in [3.8, 4) is 0 Å². The van der Waals surface area contributed by atoms with E-state index >= 15 is 0 Å². The molecule has 0 fully saturated rings. The van der Waals surface area contributed by atoms with Gasteiger partial charge in [-0.15, -0.1) is 6.58 Å². The van der Waals surface area contributed by atoms with Crippen LogP contribution in [0.15, 0.2) is 36.9 Å². The van der Waals surface area contributed by atoms with Crippen LogP contribution in [0.3, 0.4) is 0 Å². The fraction of sp³-hybridized carbons (Fsp3) is 0.357. The van der Waals surface area contributed by atoms with Gasteiger partial charge in [-0.05, 0) is 24.0 Å². The lowest BCUT2D eigenvalue weighted by atomic mass is 10.0. The summed E-state index contributed by atoms with van der Waals surface area (Å²) in [6.07, 6.45) is 2.50. The summed E-state index contributed by atoms with van der Waals surface area (Å²) in [5.41, 5.74) is 1.75. The van der Waals surface area contributed by atoms with Crippen molar-refractivity contribution in [3.05, 3.63) is 48.0 Å². The topological polar surface area (TPSA) is 86.7 Å². The Morgan fingerprint density at radius 3 is 2.57 bits per heavy atom. The fourth-order valence-electron chi connectivity index (χ4n) is 1.75. The molecule has 1 aromatic carbocycles. The van der Waals surface area contributed by atoms with Crippen LogP contribution in [0.1, 0.15) is 11.1 Å². The predicted octanol–water partition coefficient (Wildman–Crippen LogP) is 0.807. The molecule has 0 saturated carbocycles. The van der Waals surface area contributed by atoms with Crippen molar-refractivity contribution in [2.24, 2.45) is 0 Å². The van der Waals surface area contributed by atoms with Crippen LogP contribution in [-0.4, -0.2) is 43.9 Å². The van der Waals surface area contributed by atoms with E-state index in [1.807, 2.05) is 18.2 Å². The highest BCUT2D eigenvalue weighted by molar-refractivity contribution is 7.87. The summed E-state index contributed by atoms with van der Waals surface area (Å²) in [7, 11) is -1.12. The molecule has 1 aromatic rings. The smallest absolute Gasteiger partial charge is 0.322 e. The van der Waals surface area contributed by atoms with Gasteiger partial charge in [0, 0.05) is 14.1 Å². The average Bonchev–Trinajstić information content (AvgIpc) is 2.38. The van der Waals surface area contributed by atoms with E-state index in [4.69, 9.17) is 0 Å². The SMILES string of the molecule is C=CCc1cccc(C[C@H](NS(=O)(=O)N(C)C)C(=O)O)c1. The highest BCUT2D eigenvalue weighted by Crippen LogP contribution is 2.10. The maximum atomic E-state index is 11.7. The Labute approximate surface area is 125 Å². The van der Waals surface area contributed by atoms with Crippen LogP contribution in [0, 0.1) is 0 Å². The number of carboxylic acid groups (broad SMARTS) is 1. The molecule has 0 radical (unpaired) electrons. The number of hydrogen-bond acceptors (Lipinski definition) is 3. The first kappa shape index (κ1) is 17.4. The summed E-state index contributed by atoms with van der Waals surface area (Å²) < 4.78 is 26.6. The van der Waals surface area contributed by atoms with Crippen molar-refractivity contribution in [1.82, 2.24) is 9.03 Å². The second kappa shape index (κ2) is 7.35. The third kappa shape index (κ3) is 5.30. The summed E-state index contributed by atoms with van der Waals surface area (Å²) in [6.45, 7) is 3.65. The lowest BCUT2D eigenvalue weighted by molar-refractivity contribution is -0.138. The number of allylic oxidation sites excluding steroid dienone is 1. The first-order valence-corrected chi connectivity index (χ1v) is 7.81. The van der Waals surface area contributed by atoms with Crippen LogP contribution in [0.25, 0.3) is 0 Å². The second-order valence-corrected chi connectivity index (χ2v) is 6.73. The number of nitrogens with zero attached hydrogens (tertiary/aromatic N) is 1. The first-order valence-electron chi connectivity index (χ1n) is 6.37. The van der Waals surface area contributed by atoms with Crippen LogP contribution in [-0.2, 0) is 27.8 Å². The van der Waals surface area contributed by atoms with Crippen molar-refractivity contribution in [2.45, 2.75) is 18.9 Å². The minimum Gasteiger partial charge on any atom is -0.480 e. The van der Waals surface area contributed by atoms with Gasteiger partial charge >= 0.3 is 5.97 Å². The molecule has 0 bridgehead atoms. The molecule has 6 nitrogen and oxygen atoms in total. The number of aliphatic carboxylic acids is 1. The van der Waals surface area contributed by atoms with Crippen LogP contribution in [0.4, 0.5) is 0 Å². The van der Waals surface area contributed by atoms with Crippen molar-refractivity contribution < 1.29 is 18.3 Å². The minimum absolute atomic E-state index is 0.0768. The van der Waals surface area contributed by atoms with E-state index in [0.29, 0.717) is 6.42 Å². The predicted molar refractivity (Wildman–Crippen MR) is 81.2 cm³/mol. The molecule has 116 valence electrons. The molecule has 0 saturated heterocycles. The zero-order chi connectivity index (χ0) is 16.0. The van der Waals surface area contributed by atoms with Gasteiger partial charge in [0.05, 0.1) is 0 Å². The molecule has 0 amide bonds. The fourth-order valence-corrected chi connectivity index (χ4v) is 2.51. The molecule has 0 aliphatic carbocycles. The molecule has 0 heterocycles. The van der Waals surface area contributed by atoms with Crippen LogP contribution in [0.2, 0.25) is 0 Å². The molecule has 1 atom stereocenters. The Balaban J connectivity index is 2.91. The van der Waals surface area contributed by atoms with Gasteiger partial charge in [0.15, 0.2) is 0 Å². The minimum atomic E-state index is -3.80. The molecule has 0 aliphatic rings. The van der Waals surface area contributed by atoms with E-state index in [1.54, 1.807) is 12.1 Å². The van der Waals surface area contributed by atoms with Gasteiger partial charge in [-0.3, -0.25) is 4.79 Å². The van der Waals surface area contributed by atoms with E-state index in [0.717, 1.165) is 15.4 Å². The average molecular weight is 312 g/mol. The van der Waals surface area contributed by atoms with Crippen LogP contribution < -0.4 is 4.72 Å². The van der Waals surface area contributed by atoms with E-state index in [9.17, 15) is 18.3 Å². The lowest BCUT2D eigenvalue weighted by Crippen LogP contribution is -2.47. The number of hydrogen-bond donors (Lipinski definition) is 2. The number of benzene rings is 1. The zero-order valence-electron chi connectivity index (χ0n) is 12.1. The molecule has 0 aromatic heterocycles. The number of carboxylic acids is 1. The van der Waals surface area contributed by atoms with Gasteiger partial charge in [-0.25, -0.2) is 0 Å². The Morgan fingerprint density at radius 2 is 2.05 bits per heavy atom. The molecule has 1 rings (SSSR count). The van der Waals surface area contributed by atoms with Crippen molar-refractivity contribution in [3.63, 3.8) is 0 Å². The zero-order valence-corrected chi connectivity index (χ0v) is 12.9. The summed E-state index contributed by atoms with van der Waals surface area (Å²) >= 11 is 0. The van der Waals surface area contributed by atoms with Gasteiger partial charge in [0.2, 0.25) is 0 Å². The highest BCUT2D eigenvalue weighted by Gasteiger charge is 2.25. The van der Waals surface area contributed by atoms with Gasteiger partial charge in [-0.2, -0.15) is 17.4 Å². The van der Waals surface area contributed by atoms with E-state index < -0.39 is 22.2 Å². The monoisotopic (exact) mass is 312 g/mol. The maximum absolute atomic E-state index is 11.7. The normalized spacial score (nSPS) is 13.1. The number of nitrogens with one attached hydrogen (secondary N) is 1. The standard InChI is InChI=1S/C14H20N2O4S/c1-4-6-11-7-5-8-12(9-11)10-13(14(17)18)15-21(19,20)16(2)3/h4-5,7-9,13,15H,1,6,10H2,2-3H3,(H,17,18)/t13-/m0/s1. The largest absolute Gasteiger partial charge is 0.480 e. The van der Waals surface area contributed by atoms with Gasteiger partial charge < -0.3 is 5.11 Å². The Morgan fingerprint density at radius 1 is 1.43 bits per heavy atom. The van der Waals surface area contributed by atoms with Gasteiger partial charge in [-0.1, -0.05) is 30.3 Å². The Kier molecular flexibility index (Phi) is 6.07. The summed E-state index contributed by atoms with van der Waals surface area (Å²) in [6, 6.07) is 6.13. The molecular formula is C14H20N2O4S. The van der Waals surface area contributed by atoms with Crippen LogP contribution in [0.5, 0.6) is 0 Å².